The van der Waals surface area contributed by atoms with Gasteiger partial charge in [0.1, 0.15) is 11.8 Å². The number of aliphatic hydroxyl groups excluding tert-OH is 1. The van der Waals surface area contributed by atoms with Crippen molar-refractivity contribution in [3.63, 3.8) is 0 Å². The second-order valence-corrected chi connectivity index (χ2v) is 7.50. The Morgan fingerprint density at radius 2 is 2.00 bits per heavy atom. The van der Waals surface area contributed by atoms with Gasteiger partial charge in [-0.15, -0.1) is 0 Å². The third-order valence-electron chi connectivity index (χ3n) is 6.41. The van der Waals surface area contributed by atoms with E-state index in [1.807, 2.05) is 31.2 Å². The van der Waals surface area contributed by atoms with E-state index in [1.54, 1.807) is 19.2 Å². The average molecular weight is 346 g/mol. The first-order valence-electron chi connectivity index (χ1n) is 8.24. The zero-order valence-electron chi connectivity index (χ0n) is 13.7. The fraction of sp³-hybridized carbons (Fsp3) is 0.474. The average Bonchev–Trinajstić information content (AvgIpc) is 3.12. The third kappa shape index (κ3) is 2.05. The smallest absolute Gasteiger partial charge is 0.383 e. The molecular formula is C19H17F3N2O. The molecule has 1 heterocycles. The lowest BCUT2D eigenvalue weighted by molar-refractivity contribution is -0.224. The van der Waals surface area contributed by atoms with Crippen molar-refractivity contribution in [2.75, 3.05) is 0 Å². The van der Waals surface area contributed by atoms with Crippen molar-refractivity contribution in [3.8, 4) is 6.07 Å². The van der Waals surface area contributed by atoms with Gasteiger partial charge in [-0.2, -0.15) is 18.4 Å². The van der Waals surface area contributed by atoms with Crippen LogP contribution in [-0.4, -0.2) is 22.4 Å². The molecule has 130 valence electrons. The third-order valence-corrected chi connectivity index (χ3v) is 6.41. The fourth-order valence-corrected chi connectivity index (χ4v) is 5.23. The number of nitrogens with zero attached hydrogens (tertiary/aromatic N) is 2. The highest BCUT2D eigenvalue weighted by Gasteiger charge is 2.80. The zero-order chi connectivity index (χ0) is 18.1. The maximum absolute atomic E-state index is 13.0. The van der Waals surface area contributed by atoms with Crippen LogP contribution >= 0.6 is 0 Å². The van der Waals surface area contributed by atoms with Crippen molar-refractivity contribution in [2.24, 2.45) is 23.2 Å². The molecule has 2 aromatic rings. The molecule has 0 amide bonds. The van der Waals surface area contributed by atoms with Gasteiger partial charge >= 0.3 is 6.18 Å². The topological polar surface area (TPSA) is 56.9 Å². The fourth-order valence-electron chi connectivity index (χ4n) is 5.23. The van der Waals surface area contributed by atoms with Crippen LogP contribution in [0.3, 0.4) is 0 Å². The molecule has 4 unspecified atom stereocenters. The summed E-state index contributed by atoms with van der Waals surface area (Å²) in [5.41, 5.74) is 0.203. The van der Waals surface area contributed by atoms with E-state index < -0.39 is 17.7 Å². The molecule has 2 aliphatic rings. The molecule has 0 saturated heterocycles. The number of fused-ring (bicyclic) bond motifs is 2. The molecule has 0 spiro atoms. The van der Waals surface area contributed by atoms with E-state index in [4.69, 9.17) is 5.26 Å². The SMILES string of the molecule is CC1C(c2ccc3c(C#N)nccc3c2)C2C1[C@]2(C)[C@@H](O)C(F)(F)F. The number of benzene rings is 1. The van der Waals surface area contributed by atoms with Gasteiger partial charge in [0.15, 0.2) is 6.10 Å². The molecular weight excluding hydrogens is 329 g/mol. The monoisotopic (exact) mass is 346 g/mol. The summed E-state index contributed by atoms with van der Waals surface area (Å²) in [5, 5.41) is 20.5. The van der Waals surface area contributed by atoms with E-state index in [9.17, 15) is 18.3 Å². The highest BCUT2D eigenvalue weighted by atomic mass is 19.4. The van der Waals surface area contributed by atoms with Crippen molar-refractivity contribution in [1.29, 1.82) is 5.26 Å². The van der Waals surface area contributed by atoms with Crippen molar-refractivity contribution < 1.29 is 18.3 Å². The maximum Gasteiger partial charge on any atom is 0.414 e. The normalized spacial score (nSPS) is 34.8. The molecule has 1 aromatic carbocycles. The highest BCUT2D eigenvalue weighted by Crippen LogP contribution is 2.80. The largest absolute Gasteiger partial charge is 0.414 e. The van der Waals surface area contributed by atoms with E-state index in [0.717, 1.165) is 16.3 Å². The summed E-state index contributed by atoms with van der Waals surface area (Å²) in [4.78, 5) is 4.03. The lowest BCUT2D eigenvalue weighted by atomic mass is 9.71. The van der Waals surface area contributed by atoms with Gasteiger partial charge in [0.2, 0.25) is 0 Å². The van der Waals surface area contributed by atoms with Gasteiger partial charge in [0, 0.05) is 17.0 Å². The van der Waals surface area contributed by atoms with Crippen LogP contribution in [-0.2, 0) is 0 Å². The Bertz CT molecular complexity index is 904. The van der Waals surface area contributed by atoms with Gasteiger partial charge in [-0.1, -0.05) is 32.0 Å². The number of hydrogen-bond donors (Lipinski definition) is 1. The summed E-state index contributed by atoms with van der Waals surface area (Å²) in [5.74, 6) is -0.178. The van der Waals surface area contributed by atoms with E-state index in [2.05, 4.69) is 4.98 Å². The summed E-state index contributed by atoms with van der Waals surface area (Å²) < 4.78 is 39.1. The summed E-state index contributed by atoms with van der Waals surface area (Å²) >= 11 is 0. The molecule has 2 aliphatic carbocycles. The zero-order valence-corrected chi connectivity index (χ0v) is 13.7. The number of aromatic nitrogens is 1. The van der Waals surface area contributed by atoms with Gasteiger partial charge in [0.25, 0.3) is 0 Å². The van der Waals surface area contributed by atoms with Crippen LogP contribution in [0.25, 0.3) is 10.8 Å². The van der Waals surface area contributed by atoms with Gasteiger partial charge in [-0.05, 0) is 40.7 Å². The second-order valence-electron chi connectivity index (χ2n) is 7.50. The Hall–Kier alpha value is -2.13. The van der Waals surface area contributed by atoms with Crippen LogP contribution in [0.2, 0.25) is 0 Å². The number of alkyl halides is 3. The molecule has 1 aromatic heterocycles. The van der Waals surface area contributed by atoms with Crippen LogP contribution in [0.4, 0.5) is 13.2 Å². The Kier molecular flexibility index (Phi) is 3.24. The molecule has 1 N–H and O–H groups in total. The van der Waals surface area contributed by atoms with Crippen molar-refractivity contribution in [1.82, 2.24) is 4.98 Å². The summed E-state index contributed by atoms with van der Waals surface area (Å²) in [6, 6.07) is 9.48. The molecule has 0 aliphatic heterocycles. The molecule has 0 radical (unpaired) electrons. The van der Waals surface area contributed by atoms with E-state index in [-0.39, 0.29) is 23.7 Å². The first-order valence-corrected chi connectivity index (χ1v) is 8.24. The van der Waals surface area contributed by atoms with Gasteiger partial charge < -0.3 is 5.11 Å². The molecule has 3 nitrogen and oxygen atoms in total. The standard InChI is InChI=1S/C19H17F3N2O/c1-9-14(16-15(9)18(16,2)17(25)19(20,21)22)11-3-4-12-10(7-11)5-6-24-13(12)8-23/h3-7,9,14-17,25H,1-2H3/t9?,14?,15?,16?,17-,18+/m1/s1. The summed E-state index contributed by atoms with van der Waals surface area (Å²) in [7, 11) is 0. The Morgan fingerprint density at radius 3 is 2.64 bits per heavy atom. The van der Waals surface area contributed by atoms with E-state index in [0.29, 0.717) is 5.69 Å². The maximum atomic E-state index is 13.0. The van der Waals surface area contributed by atoms with Gasteiger partial charge in [-0.25, -0.2) is 4.98 Å². The van der Waals surface area contributed by atoms with Gasteiger partial charge in [-0.3, -0.25) is 0 Å². The number of rotatable bonds is 2. The molecule has 2 saturated carbocycles. The van der Waals surface area contributed by atoms with Crippen LogP contribution in [0, 0.1) is 34.5 Å². The predicted molar refractivity (Wildman–Crippen MR) is 85.5 cm³/mol. The first kappa shape index (κ1) is 16.3. The lowest BCUT2D eigenvalue weighted by Crippen LogP contribution is -2.37. The number of aliphatic hydroxyl groups is 1. The Labute approximate surface area is 143 Å². The summed E-state index contributed by atoms with van der Waals surface area (Å²) in [6.45, 7) is 3.51. The number of pyridine rings is 1. The molecule has 0 bridgehead atoms. The van der Waals surface area contributed by atoms with Crippen molar-refractivity contribution >= 4 is 10.8 Å². The molecule has 2 fully saturated rings. The highest BCUT2D eigenvalue weighted by molar-refractivity contribution is 5.87. The number of halogens is 3. The Morgan fingerprint density at radius 1 is 1.28 bits per heavy atom. The van der Waals surface area contributed by atoms with Crippen LogP contribution in [0.1, 0.15) is 31.0 Å². The summed E-state index contributed by atoms with van der Waals surface area (Å²) in [6.07, 6.45) is -5.31. The minimum absolute atomic E-state index is 0.00454. The van der Waals surface area contributed by atoms with E-state index >= 15 is 0 Å². The van der Waals surface area contributed by atoms with Gasteiger partial charge in [0.05, 0.1) is 0 Å². The first-order chi connectivity index (χ1) is 11.7. The molecule has 4 rings (SSSR count). The van der Waals surface area contributed by atoms with Crippen LogP contribution < -0.4 is 0 Å². The Balaban J connectivity index is 1.69. The van der Waals surface area contributed by atoms with Crippen molar-refractivity contribution in [2.45, 2.75) is 32.0 Å². The van der Waals surface area contributed by atoms with Crippen LogP contribution in [0.15, 0.2) is 30.5 Å². The van der Waals surface area contributed by atoms with E-state index in [1.165, 1.54) is 0 Å². The molecule has 6 heteroatoms. The number of hydrogen-bond acceptors (Lipinski definition) is 3. The predicted octanol–water partition coefficient (Wildman–Crippen LogP) is 4.02. The molecule has 6 atom stereocenters. The second kappa shape index (κ2) is 4.95. The quantitative estimate of drug-likeness (QED) is 0.894. The minimum Gasteiger partial charge on any atom is -0.383 e. The lowest BCUT2D eigenvalue weighted by Gasteiger charge is -2.33. The van der Waals surface area contributed by atoms with Crippen molar-refractivity contribution in [3.05, 3.63) is 41.7 Å². The minimum atomic E-state index is -4.59. The number of nitriles is 1. The van der Waals surface area contributed by atoms with Crippen LogP contribution in [0.5, 0.6) is 0 Å². The molecule has 25 heavy (non-hydrogen) atoms.